The lowest BCUT2D eigenvalue weighted by Gasteiger charge is -2.12. The lowest BCUT2D eigenvalue weighted by molar-refractivity contribution is 0.0137. The van der Waals surface area contributed by atoms with Crippen molar-refractivity contribution < 1.29 is 17.9 Å². The first kappa shape index (κ1) is 18.6. The maximum Gasteiger partial charge on any atom is 0.317 e. The standard InChI is InChI=1S/C18H14F3N7O/c1-18(20,21)14-6-13(2-3-15(14)19)28-9-12(26-27-28)10-29-17-22-5-4-16(25-17)11-7-23-24-8-11/h2-9H,10H2,1H3,(H,23,24). The van der Waals surface area contributed by atoms with Crippen molar-refractivity contribution in [2.45, 2.75) is 19.5 Å². The smallest absolute Gasteiger partial charge is 0.317 e. The van der Waals surface area contributed by atoms with Crippen molar-refractivity contribution in [2.24, 2.45) is 0 Å². The molecule has 11 heteroatoms. The molecule has 0 spiro atoms. The van der Waals surface area contributed by atoms with Gasteiger partial charge in [0.15, 0.2) is 0 Å². The summed E-state index contributed by atoms with van der Waals surface area (Å²) in [4.78, 5) is 8.30. The van der Waals surface area contributed by atoms with Crippen molar-refractivity contribution in [3.05, 3.63) is 66.1 Å². The number of H-pyrrole nitrogens is 1. The second kappa shape index (κ2) is 7.34. The third-order valence-corrected chi connectivity index (χ3v) is 4.00. The van der Waals surface area contributed by atoms with Gasteiger partial charge in [0.2, 0.25) is 0 Å². The molecule has 0 bridgehead atoms. The van der Waals surface area contributed by atoms with Gasteiger partial charge < -0.3 is 4.74 Å². The number of halogens is 3. The summed E-state index contributed by atoms with van der Waals surface area (Å²) in [5, 5.41) is 14.4. The highest BCUT2D eigenvalue weighted by atomic mass is 19.3. The van der Waals surface area contributed by atoms with Crippen LogP contribution in [-0.2, 0) is 12.5 Å². The van der Waals surface area contributed by atoms with Gasteiger partial charge in [-0.25, -0.2) is 22.8 Å². The van der Waals surface area contributed by atoms with Crippen molar-refractivity contribution in [1.82, 2.24) is 35.2 Å². The van der Waals surface area contributed by atoms with Crippen LogP contribution in [0.2, 0.25) is 0 Å². The molecular weight excluding hydrogens is 387 g/mol. The average molecular weight is 401 g/mol. The largest absolute Gasteiger partial charge is 0.457 e. The number of nitrogens with zero attached hydrogens (tertiary/aromatic N) is 6. The van der Waals surface area contributed by atoms with Gasteiger partial charge in [0.1, 0.15) is 18.1 Å². The summed E-state index contributed by atoms with van der Waals surface area (Å²) in [6.45, 7) is 0.639. The molecule has 4 rings (SSSR count). The highest BCUT2D eigenvalue weighted by Crippen LogP contribution is 2.30. The molecule has 0 saturated carbocycles. The summed E-state index contributed by atoms with van der Waals surface area (Å²) >= 11 is 0. The Kier molecular flexibility index (Phi) is 4.71. The predicted molar refractivity (Wildman–Crippen MR) is 94.8 cm³/mol. The van der Waals surface area contributed by atoms with Gasteiger partial charge in [-0.3, -0.25) is 5.10 Å². The summed E-state index contributed by atoms with van der Waals surface area (Å²) < 4.78 is 47.5. The van der Waals surface area contributed by atoms with Crippen LogP contribution in [0.1, 0.15) is 18.2 Å². The van der Waals surface area contributed by atoms with E-state index < -0.39 is 17.3 Å². The lowest BCUT2D eigenvalue weighted by Crippen LogP contribution is -2.11. The summed E-state index contributed by atoms with van der Waals surface area (Å²) in [5.74, 6) is -4.30. The van der Waals surface area contributed by atoms with Gasteiger partial charge in [0, 0.05) is 24.9 Å². The van der Waals surface area contributed by atoms with Gasteiger partial charge >= 0.3 is 6.01 Å². The van der Waals surface area contributed by atoms with Crippen molar-refractivity contribution in [3.63, 3.8) is 0 Å². The highest BCUT2D eigenvalue weighted by Gasteiger charge is 2.28. The maximum absolute atomic E-state index is 13.7. The maximum atomic E-state index is 13.7. The van der Waals surface area contributed by atoms with E-state index in [9.17, 15) is 13.2 Å². The Labute approximate surface area is 162 Å². The zero-order valence-corrected chi connectivity index (χ0v) is 15.1. The first-order valence-corrected chi connectivity index (χ1v) is 8.44. The second-order valence-electron chi connectivity index (χ2n) is 6.21. The van der Waals surface area contributed by atoms with Crippen LogP contribution in [-0.4, -0.2) is 35.2 Å². The van der Waals surface area contributed by atoms with E-state index in [4.69, 9.17) is 4.74 Å². The first-order chi connectivity index (χ1) is 13.9. The summed E-state index contributed by atoms with van der Waals surface area (Å²) in [6, 6.07) is 5.18. The zero-order chi connectivity index (χ0) is 20.4. The Morgan fingerprint density at radius 2 is 2.10 bits per heavy atom. The van der Waals surface area contributed by atoms with E-state index in [-0.39, 0.29) is 18.3 Å². The van der Waals surface area contributed by atoms with Crippen LogP contribution < -0.4 is 4.74 Å². The normalized spacial score (nSPS) is 11.6. The molecule has 0 unspecified atom stereocenters. The number of hydrogen-bond donors (Lipinski definition) is 1. The molecule has 1 N–H and O–H groups in total. The predicted octanol–water partition coefficient (Wildman–Crippen LogP) is 3.28. The monoisotopic (exact) mass is 401 g/mol. The SMILES string of the molecule is CC(F)(F)c1cc(-n2cc(COc3nccc(-c4cn[nH]c4)n3)nn2)ccc1F. The number of nitrogens with one attached hydrogen (secondary N) is 1. The second-order valence-corrected chi connectivity index (χ2v) is 6.21. The molecule has 1 aromatic carbocycles. The minimum Gasteiger partial charge on any atom is -0.457 e. The Bertz CT molecular complexity index is 1120. The topological polar surface area (TPSA) is 94.4 Å². The molecule has 0 amide bonds. The van der Waals surface area contributed by atoms with E-state index in [1.807, 2.05) is 0 Å². The molecule has 3 aromatic heterocycles. The third kappa shape index (κ3) is 4.08. The van der Waals surface area contributed by atoms with Gasteiger partial charge in [-0.05, 0) is 24.3 Å². The molecule has 29 heavy (non-hydrogen) atoms. The minimum absolute atomic E-state index is 0.00678. The molecule has 8 nitrogen and oxygen atoms in total. The number of alkyl halides is 2. The quantitative estimate of drug-likeness (QED) is 0.533. The molecule has 0 aliphatic carbocycles. The number of benzene rings is 1. The Balaban J connectivity index is 1.49. The average Bonchev–Trinajstić information content (AvgIpc) is 3.38. The Morgan fingerprint density at radius 1 is 1.24 bits per heavy atom. The Morgan fingerprint density at radius 3 is 2.86 bits per heavy atom. The molecule has 0 saturated heterocycles. The highest BCUT2D eigenvalue weighted by molar-refractivity contribution is 5.56. The van der Waals surface area contributed by atoms with E-state index >= 15 is 0 Å². The number of aromatic amines is 1. The van der Waals surface area contributed by atoms with Gasteiger partial charge in [-0.15, -0.1) is 5.10 Å². The molecule has 148 valence electrons. The molecule has 0 atom stereocenters. The van der Waals surface area contributed by atoms with Crippen molar-refractivity contribution >= 4 is 0 Å². The molecule has 3 heterocycles. The van der Waals surface area contributed by atoms with Crippen molar-refractivity contribution in [2.75, 3.05) is 0 Å². The third-order valence-electron chi connectivity index (χ3n) is 4.00. The van der Waals surface area contributed by atoms with Crippen LogP contribution in [0.5, 0.6) is 6.01 Å². The fraction of sp³-hybridized carbons (Fsp3) is 0.167. The van der Waals surface area contributed by atoms with Gasteiger partial charge in [-0.1, -0.05) is 5.21 Å². The minimum atomic E-state index is -3.32. The van der Waals surface area contributed by atoms with Crippen LogP contribution in [0.15, 0.2) is 49.1 Å². The van der Waals surface area contributed by atoms with Crippen LogP contribution in [0.3, 0.4) is 0 Å². The van der Waals surface area contributed by atoms with Crippen molar-refractivity contribution in [1.29, 1.82) is 0 Å². The number of rotatable bonds is 6. The number of ether oxygens (including phenoxy) is 1. The first-order valence-electron chi connectivity index (χ1n) is 8.44. The molecular formula is C18H14F3N7O. The van der Waals surface area contributed by atoms with E-state index in [0.29, 0.717) is 18.3 Å². The number of aromatic nitrogens is 7. The molecule has 4 aromatic rings. The fourth-order valence-electron chi connectivity index (χ4n) is 2.58. The van der Waals surface area contributed by atoms with E-state index in [2.05, 4.69) is 30.5 Å². The fourth-order valence-corrected chi connectivity index (χ4v) is 2.58. The van der Waals surface area contributed by atoms with Crippen LogP contribution in [0.25, 0.3) is 16.9 Å². The van der Waals surface area contributed by atoms with E-state index in [1.165, 1.54) is 16.9 Å². The van der Waals surface area contributed by atoms with E-state index in [0.717, 1.165) is 17.7 Å². The van der Waals surface area contributed by atoms with Crippen LogP contribution in [0.4, 0.5) is 13.2 Å². The van der Waals surface area contributed by atoms with Crippen LogP contribution in [0, 0.1) is 5.82 Å². The summed E-state index contributed by atoms with van der Waals surface area (Å²) in [5.41, 5.74) is 1.36. The molecule has 0 aliphatic heterocycles. The van der Waals surface area contributed by atoms with Gasteiger partial charge in [0.05, 0.1) is 29.3 Å². The lowest BCUT2D eigenvalue weighted by atomic mass is 10.1. The molecule has 0 radical (unpaired) electrons. The number of hydrogen-bond acceptors (Lipinski definition) is 6. The van der Waals surface area contributed by atoms with Gasteiger partial charge in [0.25, 0.3) is 5.92 Å². The Hall–Kier alpha value is -3.76. The zero-order valence-electron chi connectivity index (χ0n) is 15.1. The van der Waals surface area contributed by atoms with Crippen molar-refractivity contribution in [3.8, 4) is 23.0 Å². The summed E-state index contributed by atoms with van der Waals surface area (Å²) in [7, 11) is 0. The van der Waals surface area contributed by atoms with E-state index in [1.54, 1.807) is 24.7 Å². The molecule has 0 fully saturated rings. The van der Waals surface area contributed by atoms with Gasteiger partial charge in [-0.2, -0.15) is 10.1 Å². The summed E-state index contributed by atoms with van der Waals surface area (Å²) in [6.07, 6.45) is 6.35. The molecule has 0 aliphatic rings. The van der Waals surface area contributed by atoms with Crippen LogP contribution >= 0.6 is 0 Å².